The van der Waals surface area contributed by atoms with Crippen molar-refractivity contribution < 1.29 is 18.0 Å². The van der Waals surface area contributed by atoms with Crippen molar-refractivity contribution in [3.05, 3.63) is 70.8 Å². The van der Waals surface area contributed by atoms with Gasteiger partial charge in [-0.15, -0.1) is 0 Å². The van der Waals surface area contributed by atoms with Gasteiger partial charge in [-0.25, -0.2) is 0 Å². The summed E-state index contributed by atoms with van der Waals surface area (Å²) in [4.78, 5) is 16.6. The molecule has 0 bridgehead atoms. The minimum Gasteiger partial charge on any atom is -0.342 e. The van der Waals surface area contributed by atoms with Crippen LogP contribution in [-0.4, -0.2) is 41.9 Å². The highest BCUT2D eigenvalue weighted by Crippen LogP contribution is 2.30. The molecular formula is C23H27F3N2O. The van der Waals surface area contributed by atoms with Gasteiger partial charge >= 0.3 is 6.18 Å². The maximum absolute atomic E-state index is 12.9. The van der Waals surface area contributed by atoms with Gasteiger partial charge in [-0.05, 0) is 44.0 Å². The summed E-state index contributed by atoms with van der Waals surface area (Å²) in [6, 6.07) is 13.7. The van der Waals surface area contributed by atoms with E-state index in [9.17, 15) is 18.0 Å². The van der Waals surface area contributed by atoms with E-state index in [-0.39, 0.29) is 11.9 Å². The lowest BCUT2D eigenvalue weighted by Gasteiger charge is -2.37. The number of alkyl halides is 3. The van der Waals surface area contributed by atoms with Crippen molar-refractivity contribution in [1.29, 1.82) is 0 Å². The summed E-state index contributed by atoms with van der Waals surface area (Å²) in [6.45, 7) is 3.84. The lowest BCUT2D eigenvalue weighted by Crippen LogP contribution is -2.45. The molecule has 3 nitrogen and oxygen atoms in total. The second-order valence-corrected chi connectivity index (χ2v) is 7.89. The van der Waals surface area contributed by atoms with Crippen molar-refractivity contribution >= 4 is 5.91 Å². The van der Waals surface area contributed by atoms with E-state index in [0.717, 1.165) is 30.0 Å². The predicted octanol–water partition coefficient (Wildman–Crippen LogP) is 4.68. The Kier molecular flexibility index (Phi) is 6.63. The molecule has 1 aliphatic heterocycles. The number of likely N-dealkylation sites (tertiary alicyclic amines) is 1. The number of carbonyl (C=O) groups excluding carboxylic acids is 1. The van der Waals surface area contributed by atoms with E-state index < -0.39 is 11.7 Å². The third kappa shape index (κ3) is 5.82. The number of nitrogens with zero attached hydrogens (tertiary/aromatic N) is 2. The standard InChI is InChI=1S/C23H27F3N2O/c1-17-5-3-6-18(13-17)15-22(29)28-11-9-21(10-12-28)27(2)16-19-7-4-8-20(14-19)23(24,25)26/h3-8,13-14,21H,9-12,15-16H2,1-2H3. The third-order valence-electron chi connectivity index (χ3n) is 5.56. The van der Waals surface area contributed by atoms with Gasteiger partial charge in [0.2, 0.25) is 5.91 Å². The maximum atomic E-state index is 12.9. The zero-order valence-electron chi connectivity index (χ0n) is 16.9. The van der Waals surface area contributed by atoms with Gasteiger partial charge in [0.15, 0.2) is 0 Å². The Labute approximate surface area is 170 Å². The van der Waals surface area contributed by atoms with Crippen LogP contribution in [0.25, 0.3) is 0 Å². The number of hydrogen-bond donors (Lipinski definition) is 0. The van der Waals surface area contributed by atoms with Crippen molar-refractivity contribution in [2.24, 2.45) is 0 Å². The van der Waals surface area contributed by atoms with Gasteiger partial charge in [0, 0.05) is 25.7 Å². The van der Waals surface area contributed by atoms with Crippen LogP contribution in [0.3, 0.4) is 0 Å². The van der Waals surface area contributed by atoms with Gasteiger partial charge in [-0.1, -0.05) is 48.0 Å². The number of piperidine rings is 1. The fraction of sp³-hybridized carbons (Fsp3) is 0.435. The Morgan fingerprint density at radius 3 is 2.38 bits per heavy atom. The highest BCUT2D eigenvalue weighted by Gasteiger charge is 2.31. The summed E-state index contributed by atoms with van der Waals surface area (Å²) in [5.74, 6) is 0.134. The first kappa shape index (κ1) is 21.4. The van der Waals surface area contributed by atoms with Crippen LogP contribution >= 0.6 is 0 Å². The first-order valence-corrected chi connectivity index (χ1v) is 9.92. The number of rotatable bonds is 5. The zero-order valence-corrected chi connectivity index (χ0v) is 16.9. The Morgan fingerprint density at radius 2 is 1.72 bits per heavy atom. The summed E-state index contributed by atoms with van der Waals surface area (Å²) in [5.41, 5.74) is 2.21. The highest BCUT2D eigenvalue weighted by atomic mass is 19.4. The van der Waals surface area contributed by atoms with Gasteiger partial charge in [-0.3, -0.25) is 9.69 Å². The van der Waals surface area contributed by atoms with Crippen molar-refractivity contribution in [3.63, 3.8) is 0 Å². The Morgan fingerprint density at radius 1 is 1.07 bits per heavy atom. The summed E-state index contributed by atoms with van der Waals surface area (Å²) in [6.07, 6.45) is -2.26. The monoisotopic (exact) mass is 404 g/mol. The number of aryl methyl sites for hydroxylation is 1. The summed E-state index contributed by atoms with van der Waals surface area (Å²) in [7, 11) is 1.94. The van der Waals surface area contributed by atoms with E-state index in [1.54, 1.807) is 6.07 Å². The number of hydrogen-bond acceptors (Lipinski definition) is 2. The van der Waals surface area contributed by atoms with Gasteiger partial charge in [0.05, 0.1) is 12.0 Å². The number of amides is 1. The topological polar surface area (TPSA) is 23.6 Å². The molecule has 1 saturated heterocycles. The van der Waals surface area contributed by atoms with E-state index in [1.165, 1.54) is 12.1 Å². The molecule has 29 heavy (non-hydrogen) atoms. The summed E-state index contributed by atoms with van der Waals surface area (Å²) in [5, 5.41) is 0. The Balaban J connectivity index is 1.52. The Hall–Kier alpha value is -2.34. The fourth-order valence-corrected chi connectivity index (χ4v) is 3.93. The minimum absolute atomic E-state index is 0.134. The predicted molar refractivity (Wildman–Crippen MR) is 107 cm³/mol. The molecule has 0 spiro atoms. The molecule has 2 aromatic rings. The molecule has 0 aromatic heterocycles. The largest absolute Gasteiger partial charge is 0.416 e. The van der Waals surface area contributed by atoms with Crippen LogP contribution in [0.5, 0.6) is 0 Å². The van der Waals surface area contributed by atoms with E-state index >= 15 is 0 Å². The number of benzene rings is 2. The van der Waals surface area contributed by atoms with Crippen molar-refractivity contribution in [3.8, 4) is 0 Å². The maximum Gasteiger partial charge on any atom is 0.416 e. The smallest absolute Gasteiger partial charge is 0.342 e. The van der Waals surface area contributed by atoms with Crippen LogP contribution in [0.2, 0.25) is 0 Å². The van der Waals surface area contributed by atoms with E-state index in [1.807, 2.05) is 43.1 Å². The van der Waals surface area contributed by atoms with Gasteiger partial charge in [0.25, 0.3) is 0 Å². The van der Waals surface area contributed by atoms with Crippen LogP contribution in [0.4, 0.5) is 13.2 Å². The number of halogens is 3. The molecule has 1 heterocycles. The van der Waals surface area contributed by atoms with Crippen LogP contribution in [0.1, 0.15) is 35.1 Å². The molecule has 0 atom stereocenters. The van der Waals surface area contributed by atoms with Crippen molar-refractivity contribution in [2.45, 2.75) is 44.9 Å². The van der Waals surface area contributed by atoms with Gasteiger partial charge in [0.1, 0.15) is 0 Å². The van der Waals surface area contributed by atoms with Crippen molar-refractivity contribution in [2.75, 3.05) is 20.1 Å². The Bertz CT molecular complexity index is 842. The quantitative estimate of drug-likeness (QED) is 0.723. The van der Waals surface area contributed by atoms with Crippen LogP contribution < -0.4 is 0 Å². The molecule has 0 aliphatic carbocycles. The summed E-state index contributed by atoms with van der Waals surface area (Å²) >= 11 is 0. The summed E-state index contributed by atoms with van der Waals surface area (Å²) < 4.78 is 38.7. The van der Waals surface area contributed by atoms with Gasteiger partial charge < -0.3 is 4.90 Å². The average Bonchev–Trinajstić information content (AvgIpc) is 2.67. The van der Waals surface area contributed by atoms with Crippen molar-refractivity contribution in [1.82, 2.24) is 9.80 Å². The molecule has 0 radical (unpaired) electrons. The normalized spacial score (nSPS) is 15.7. The van der Waals surface area contributed by atoms with E-state index in [0.29, 0.717) is 31.6 Å². The van der Waals surface area contributed by atoms with E-state index in [2.05, 4.69) is 4.90 Å². The second-order valence-electron chi connectivity index (χ2n) is 7.89. The fourth-order valence-electron chi connectivity index (χ4n) is 3.93. The average molecular weight is 404 g/mol. The second kappa shape index (κ2) is 8.99. The molecule has 1 fully saturated rings. The molecule has 156 valence electrons. The molecule has 3 rings (SSSR count). The first-order chi connectivity index (χ1) is 13.7. The van der Waals surface area contributed by atoms with E-state index in [4.69, 9.17) is 0 Å². The lowest BCUT2D eigenvalue weighted by atomic mass is 10.0. The minimum atomic E-state index is -4.32. The molecule has 6 heteroatoms. The molecule has 2 aromatic carbocycles. The van der Waals surface area contributed by atoms with Crippen LogP contribution in [-0.2, 0) is 23.9 Å². The molecule has 1 aliphatic rings. The zero-order chi connectivity index (χ0) is 21.0. The van der Waals surface area contributed by atoms with Crippen LogP contribution in [0.15, 0.2) is 48.5 Å². The molecule has 0 saturated carbocycles. The SMILES string of the molecule is Cc1cccc(CC(=O)N2CCC(N(C)Cc3cccc(C(F)(F)F)c3)CC2)c1. The lowest BCUT2D eigenvalue weighted by molar-refractivity contribution is -0.137. The molecule has 0 unspecified atom stereocenters. The molecule has 0 N–H and O–H groups in total. The first-order valence-electron chi connectivity index (χ1n) is 9.92. The molecular weight excluding hydrogens is 377 g/mol. The highest BCUT2D eigenvalue weighted by molar-refractivity contribution is 5.78. The molecule has 1 amide bonds. The third-order valence-corrected chi connectivity index (χ3v) is 5.56. The number of carbonyl (C=O) groups is 1. The van der Waals surface area contributed by atoms with Crippen LogP contribution in [0, 0.1) is 6.92 Å². The van der Waals surface area contributed by atoms with Gasteiger partial charge in [-0.2, -0.15) is 13.2 Å².